The summed E-state index contributed by atoms with van der Waals surface area (Å²) >= 11 is 0. The first-order valence-corrected chi connectivity index (χ1v) is 9.57. The second-order valence-corrected chi connectivity index (χ2v) is 7.51. The molecular formula is C18H19NO4S. The van der Waals surface area contributed by atoms with Gasteiger partial charge in [-0.25, -0.2) is 0 Å². The molecule has 5 nitrogen and oxygen atoms in total. The van der Waals surface area contributed by atoms with E-state index in [2.05, 4.69) is 0 Å². The Balaban J connectivity index is 1.68. The van der Waals surface area contributed by atoms with E-state index in [0.29, 0.717) is 25.1 Å². The maximum absolute atomic E-state index is 12.5. The van der Waals surface area contributed by atoms with E-state index in [4.69, 9.17) is 4.18 Å². The normalized spacial score (nSPS) is 17.9. The van der Waals surface area contributed by atoms with Crippen molar-refractivity contribution in [3.63, 3.8) is 0 Å². The van der Waals surface area contributed by atoms with E-state index in [1.165, 1.54) is 0 Å². The lowest BCUT2D eigenvalue weighted by atomic mass is 10.0. The fourth-order valence-electron chi connectivity index (χ4n) is 2.86. The molecule has 0 unspecified atom stereocenters. The molecule has 1 aliphatic heterocycles. The first-order chi connectivity index (χ1) is 11.4. The van der Waals surface area contributed by atoms with Gasteiger partial charge in [-0.3, -0.25) is 8.98 Å². The highest BCUT2D eigenvalue weighted by atomic mass is 32.2. The van der Waals surface area contributed by atoms with Gasteiger partial charge in [0, 0.05) is 18.7 Å². The molecule has 0 N–H and O–H groups in total. The molecule has 0 radical (unpaired) electrons. The average molecular weight is 345 g/mol. The molecule has 1 heterocycles. The number of rotatable bonds is 4. The van der Waals surface area contributed by atoms with Crippen LogP contribution in [-0.2, 0) is 14.3 Å². The van der Waals surface area contributed by atoms with Gasteiger partial charge in [0.15, 0.2) is 0 Å². The minimum Gasteiger partial charge on any atom is -0.336 e. The van der Waals surface area contributed by atoms with Crippen LogP contribution in [0.5, 0.6) is 0 Å². The molecule has 2 aromatic rings. The molecule has 24 heavy (non-hydrogen) atoms. The number of hydrogen-bond acceptors (Lipinski definition) is 4. The number of carbonyl (C=O) groups excluding carboxylic acids is 1. The first kappa shape index (κ1) is 16.7. The quantitative estimate of drug-likeness (QED) is 0.799. The van der Waals surface area contributed by atoms with Gasteiger partial charge < -0.3 is 4.90 Å². The summed E-state index contributed by atoms with van der Waals surface area (Å²) in [5.41, 5.74) is 2.74. The molecule has 1 aliphatic rings. The second kappa shape index (κ2) is 6.75. The van der Waals surface area contributed by atoms with Crippen LogP contribution < -0.4 is 0 Å². The van der Waals surface area contributed by atoms with Crippen molar-refractivity contribution in [1.29, 1.82) is 0 Å². The van der Waals surface area contributed by atoms with E-state index >= 15 is 0 Å². The van der Waals surface area contributed by atoms with Gasteiger partial charge >= 0.3 is 0 Å². The van der Waals surface area contributed by atoms with E-state index in [1.807, 2.05) is 42.5 Å². The zero-order valence-electron chi connectivity index (χ0n) is 13.4. The lowest BCUT2D eigenvalue weighted by Crippen LogP contribution is -2.30. The number of nitrogens with zero attached hydrogens (tertiary/aromatic N) is 1. The van der Waals surface area contributed by atoms with Crippen LogP contribution in [0, 0.1) is 0 Å². The number of benzene rings is 2. The van der Waals surface area contributed by atoms with E-state index in [-0.39, 0.29) is 5.91 Å². The van der Waals surface area contributed by atoms with Crippen molar-refractivity contribution in [3.8, 4) is 11.1 Å². The molecule has 126 valence electrons. The fourth-order valence-corrected chi connectivity index (χ4v) is 3.51. The summed E-state index contributed by atoms with van der Waals surface area (Å²) in [6.07, 6.45) is 1.10. The highest BCUT2D eigenvalue weighted by Gasteiger charge is 2.29. The van der Waals surface area contributed by atoms with E-state index in [1.54, 1.807) is 17.0 Å². The average Bonchev–Trinajstić information content (AvgIpc) is 3.01. The van der Waals surface area contributed by atoms with Crippen LogP contribution in [0.4, 0.5) is 0 Å². The van der Waals surface area contributed by atoms with Gasteiger partial charge in [-0.05, 0) is 29.7 Å². The molecule has 2 aromatic carbocycles. The summed E-state index contributed by atoms with van der Waals surface area (Å²) in [7, 11) is -3.50. The second-order valence-electron chi connectivity index (χ2n) is 5.91. The molecule has 0 saturated carbocycles. The zero-order valence-corrected chi connectivity index (χ0v) is 14.2. The zero-order chi connectivity index (χ0) is 17.2. The van der Waals surface area contributed by atoms with Crippen molar-refractivity contribution in [2.75, 3.05) is 19.3 Å². The SMILES string of the molecule is CS(=O)(=O)O[C@@H]1CCN(C(=O)c2ccc(-c3ccccc3)cc2)C1. The van der Waals surface area contributed by atoms with Crippen molar-refractivity contribution in [1.82, 2.24) is 4.90 Å². The summed E-state index contributed by atoms with van der Waals surface area (Å²) in [6.45, 7) is 0.797. The van der Waals surface area contributed by atoms with Gasteiger partial charge in [-0.15, -0.1) is 0 Å². The van der Waals surface area contributed by atoms with Crippen molar-refractivity contribution >= 4 is 16.0 Å². The number of amides is 1. The minimum atomic E-state index is -3.50. The summed E-state index contributed by atoms with van der Waals surface area (Å²) in [5.74, 6) is -0.103. The van der Waals surface area contributed by atoms with Gasteiger partial charge in [0.25, 0.3) is 16.0 Å². The molecular weight excluding hydrogens is 326 g/mol. The Morgan fingerprint density at radius 1 is 1.04 bits per heavy atom. The Hall–Kier alpha value is -2.18. The predicted octanol–water partition coefficient (Wildman–Crippen LogP) is 2.54. The standard InChI is InChI=1S/C18H19NO4S/c1-24(21,22)23-17-11-12-19(13-17)18(20)16-9-7-15(8-10-16)14-5-3-2-4-6-14/h2-10,17H,11-13H2,1H3/t17-/m1/s1. The van der Waals surface area contributed by atoms with Gasteiger partial charge in [-0.1, -0.05) is 42.5 Å². The van der Waals surface area contributed by atoms with Gasteiger partial charge in [0.2, 0.25) is 0 Å². The van der Waals surface area contributed by atoms with Crippen LogP contribution in [0.15, 0.2) is 54.6 Å². The topological polar surface area (TPSA) is 63.7 Å². The summed E-state index contributed by atoms with van der Waals surface area (Å²) in [5, 5.41) is 0. The van der Waals surface area contributed by atoms with Gasteiger partial charge in [0.05, 0.1) is 12.4 Å². The van der Waals surface area contributed by atoms with Crippen LogP contribution in [0.25, 0.3) is 11.1 Å². The molecule has 1 amide bonds. The van der Waals surface area contributed by atoms with Crippen LogP contribution >= 0.6 is 0 Å². The number of likely N-dealkylation sites (tertiary alicyclic amines) is 1. The van der Waals surface area contributed by atoms with E-state index in [0.717, 1.165) is 17.4 Å². The van der Waals surface area contributed by atoms with Gasteiger partial charge in [0.1, 0.15) is 0 Å². The Morgan fingerprint density at radius 2 is 1.67 bits per heavy atom. The summed E-state index contributed by atoms with van der Waals surface area (Å²) in [6, 6.07) is 17.4. The molecule has 0 aliphatic carbocycles. The Morgan fingerprint density at radius 3 is 2.29 bits per heavy atom. The molecule has 1 fully saturated rings. The highest BCUT2D eigenvalue weighted by Crippen LogP contribution is 2.21. The fraction of sp³-hybridized carbons (Fsp3) is 0.278. The molecule has 0 aromatic heterocycles. The Kier molecular flexibility index (Phi) is 4.69. The molecule has 6 heteroatoms. The maximum atomic E-state index is 12.5. The summed E-state index contributed by atoms with van der Waals surface area (Å²) < 4.78 is 27.3. The maximum Gasteiger partial charge on any atom is 0.264 e. The molecule has 3 rings (SSSR count). The van der Waals surface area contributed by atoms with Gasteiger partial charge in [-0.2, -0.15) is 8.42 Å². The van der Waals surface area contributed by atoms with Crippen molar-refractivity contribution < 1.29 is 17.4 Å². The van der Waals surface area contributed by atoms with Crippen LogP contribution in [0.1, 0.15) is 16.8 Å². The smallest absolute Gasteiger partial charge is 0.264 e. The molecule has 1 saturated heterocycles. The van der Waals surface area contributed by atoms with Crippen molar-refractivity contribution in [2.24, 2.45) is 0 Å². The lowest BCUT2D eigenvalue weighted by Gasteiger charge is -2.16. The third-order valence-corrected chi connectivity index (χ3v) is 4.60. The van der Waals surface area contributed by atoms with E-state index < -0.39 is 16.2 Å². The van der Waals surface area contributed by atoms with Crippen LogP contribution in [0.3, 0.4) is 0 Å². The largest absolute Gasteiger partial charge is 0.336 e. The van der Waals surface area contributed by atoms with Crippen molar-refractivity contribution in [2.45, 2.75) is 12.5 Å². The molecule has 1 atom stereocenters. The number of hydrogen-bond donors (Lipinski definition) is 0. The lowest BCUT2D eigenvalue weighted by molar-refractivity contribution is 0.0773. The third kappa shape index (κ3) is 4.01. The van der Waals surface area contributed by atoms with Crippen LogP contribution in [-0.4, -0.2) is 44.7 Å². The monoisotopic (exact) mass is 345 g/mol. The number of carbonyl (C=O) groups is 1. The third-order valence-electron chi connectivity index (χ3n) is 3.98. The first-order valence-electron chi connectivity index (χ1n) is 7.75. The van der Waals surface area contributed by atoms with E-state index in [9.17, 15) is 13.2 Å². The van der Waals surface area contributed by atoms with Crippen LogP contribution in [0.2, 0.25) is 0 Å². The predicted molar refractivity (Wildman–Crippen MR) is 92.1 cm³/mol. The Bertz CT molecular complexity index is 816. The van der Waals surface area contributed by atoms with Crippen molar-refractivity contribution in [3.05, 3.63) is 60.2 Å². The minimum absolute atomic E-state index is 0.103. The highest BCUT2D eigenvalue weighted by molar-refractivity contribution is 7.86. The molecule has 0 spiro atoms. The molecule has 0 bridgehead atoms. The Labute approximate surface area is 142 Å². The summed E-state index contributed by atoms with van der Waals surface area (Å²) in [4.78, 5) is 14.2.